The third-order valence-corrected chi connectivity index (χ3v) is 3.14. The van der Waals surface area contributed by atoms with Crippen molar-refractivity contribution < 1.29 is 0 Å². The first kappa shape index (κ1) is 11.7. The van der Waals surface area contributed by atoms with Crippen LogP contribution in [0.3, 0.4) is 0 Å². The van der Waals surface area contributed by atoms with E-state index >= 15 is 0 Å². The molecule has 0 aliphatic rings. The van der Waals surface area contributed by atoms with Crippen molar-refractivity contribution >= 4 is 0 Å². The van der Waals surface area contributed by atoms with Gasteiger partial charge in [-0.05, 0) is 25.8 Å². The molecule has 0 saturated heterocycles. The molecule has 2 rings (SSSR count). The number of H-pyrrole nitrogens is 1. The number of aromatic nitrogens is 2. The zero-order valence-electron chi connectivity index (χ0n) is 10.6. The SMILES string of the molecule is CCc1c(-c2ccccc2C)[nH]n(CC)c1=O. The summed E-state index contributed by atoms with van der Waals surface area (Å²) in [5, 5.41) is 3.21. The molecule has 0 saturated carbocycles. The largest absolute Gasteiger partial charge is 0.295 e. The van der Waals surface area contributed by atoms with Crippen LogP contribution in [0.15, 0.2) is 29.1 Å². The third kappa shape index (κ3) is 1.93. The van der Waals surface area contributed by atoms with Gasteiger partial charge < -0.3 is 0 Å². The molecule has 2 aromatic rings. The topological polar surface area (TPSA) is 37.8 Å². The number of hydrogen-bond acceptors (Lipinski definition) is 1. The van der Waals surface area contributed by atoms with Gasteiger partial charge in [0.25, 0.3) is 5.56 Å². The molecule has 0 fully saturated rings. The molecular weight excluding hydrogens is 212 g/mol. The predicted octanol–water partition coefficient (Wildman–Crippen LogP) is 2.73. The maximum Gasteiger partial charge on any atom is 0.270 e. The molecule has 1 aromatic carbocycles. The number of nitrogens with zero attached hydrogens (tertiary/aromatic N) is 1. The quantitative estimate of drug-likeness (QED) is 0.865. The summed E-state index contributed by atoms with van der Waals surface area (Å²) >= 11 is 0. The fourth-order valence-electron chi connectivity index (χ4n) is 2.15. The van der Waals surface area contributed by atoms with Gasteiger partial charge >= 0.3 is 0 Å². The number of benzene rings is 1. The Morgan fingerprint density at radius 3 is 2.53 bits per heavy atom. The first-order chi connectivity index (χ1) is 8.19. The Morgan fingerprint density at radius 2 is 1.94 bits per heavy atom. The van der Waals surface area contributed by atoms with Crippen molar-refractivity contribution in [3.05, 3.63) is 45.7 Å². The lowest BCUT2D eigenvalue weighted by molar-refractivity contribution is 0.638. The minimum Gasteiger partial charge on any atom is -0.295 e. The number of rotatable bonds is 3. The number of nitrogens with one attached hydrogen (secondary N) is 1. The van der Waals surface area contributed by atoms with E-state index in [1.807, 2.05) is 26.0 Å². The summed E-state index contributed by atoms with van der Waals surface area (Å²) in [5.41, 5.74) is 4.26. The molecule has 3 heteroatoms. The van der Waals surface area contributed by atoms with E-state index in [4.69, 9.17) is 0 Å². The van der Waals surface area contributed by atoms with Crippen molar-refractivity contribution in [2.75, 3.05) is 0 Å². The van der Waals surface area contributed by atoms with Crippen molar-refractivity contribution in [2.45, 2.75) is 33.7 Å². The molecule has 3 nitrogen and oxygen atoms in total. The molecule has 1 heterocycles. The molecule has 0 amide bonds. The van der Waals surface area contributed by atoms with Crippen LogP contribution in [0.5, 0.6) is 0 Å². The molecule has 17 heavy (non-hydrogen) atoms. The first-order valence-corrected chi connectivity index (χ1v) is 6.06. The van der Waals surface area contributed by atoms with Crippen molar-refractivity contribution in [3.8, 4) is 11.3 Å². The molecule has 0 unspecified atom stereocenters. The van der Waals surface area contributed by atoms with Gasteiger partial charge in [0, 0.05) is 17.7 Å². The van der Waals surface area contributed by atoms with E-state index in [-0.39, 0.29) is 5.56 Å². The van der Waals surface area contributed by atoms with E-state index in [0.717, 1.165) is 23.2 Å². The van der Waals surface area contributed by atoms with Crippen LogP contribution in [0.2, 0.25) is 0 Å². The Morgan fingerprint density at radius 1 is 1.24 bits per heavy atom. The highest BCUT2D eigenvalue weighted by molar-refractivity contribution is 5.66. The molecule has 0 aliphatic heterocycles. The van der Waals surface area contributed by atoms with Gasteiger partial charge in [-0.2, -0.15) is 0 Å². The fourth-order valence-corrected chi connectivity index (χ4v) is 2.15. The van der Waals surface area contributed by atoms with Crippen LogP contribution in [0.4, 0.5) is 0 Å². The zero-order valence-corrected chi connectivity index (χ0v) is 10.6. The smallest absolute Gasteiger partial charge is 0.270 e. The van der Waals surface area contributed by atoms with E-state index in [9.17, 15) is 4.79 Å². The highest BCUT2D eigenvalue weighted by Crippen LogP contribution is 2.23. The van der Waals surface area contributed by atoms with Gasteiger partial charge in [-0.3, -0.25) is 14.6 Å². The number of hydrogen-bond donors (Lipinski definition) is 1. The van der Waals surface area contributed by atoms with E-state index in [1.54, 1.807) is 4.68 Å². The second kappa shape index (κ2) is 4.62. The lowest BCUT2D eigenvalue weighted by Gasteiger charge is -2.04. The van der Waals surface area contributed by atoms with Crippen LogP contribution < -0.4 is 5.56 Å². The second-order valence-electron chi connectivity index (χ2n) is 4.18. The molecular formula is C14H18N2O. The standard InChI is InChI=1S/C14H18N2O/c1-4-11-13(15-16(5-2)14(11)17)12-9-7-6-8-10(12)3/h6-9,15H,4-5H2,1-3H3. The van der Waals surface area contributed by atoms with Crippen LogP contribution in [0.25, 0.3) is 11.3 Å². The Balaban J connectivity index is 2.68. The molecule has 0 aliphatic carbocycles. The van der Waals surface area contributed by atoms with Gasteiger partial charge in [0.05, 0.1) is 5.69 Å². The highest BCUT2D eigenvalue weighted by atomic mass is 16.1. The van der Waals surface area contributed by atoms with Gasteiger partial charge in [0.1, 0.15) is 0 Å². The summed E-state index contributed by atoms with van der Waals surface area (Å²) in [6.45, 7) is 6.74. The highest BCUT2D eigenvalue weighted by Gasteiger charge is 2.14. The molecule has 0 atom stereocenters. The van der Waals surface area contributed by atoms with Gasteiger partial charge in [0.15, 0.2) is 0 Å². The monoisotopic (exact) mass is 230 g/mol. The number of aromatic amines is 1. The molecule has 0 radical (unpaired) electrons. The first-order valence-electron chi connectivity index (χ1n) is 6.06. The Kier molecular flexibility index (Phi) is 3.18. The maximum absolute atomic E-state index is 12.1. The minimum atomic E-state index is 0.105. The van der Waals surface area contributed by atoms with Crippen molar-refractivity contribution in [1.82, 2.24) is 9.78 Å². The van der Waals surface area contributed by atoms with Crippen molar-refractivity contribution in [2.24, 2.45) is 0 Å². The van der Waals surface area contributed by atoms with Gasteiger partial charge in [-0.1, -0.05) is 31.2 Å². The van der Waals surface area contributed by atoms with Crippen LogP contribution in [0, 0.1) is 6.92 Å². The summed E-state index contributed by atoms with van der Waals surface area (Å²) in [6.07, 6.45) is 0.756. The summed E-state index contributed by atoms with van der Waals surface area (Å²) in [7, 11) is 0. The third-order valence-electron chi connectivity index (χ3n) is 3.14. The Hall–Kier alpha value is -1.77. The Labute approximate surface area is 101 Å². The van der Waals surface area contributed by atoms with Gasteiger partial charge in [-0.25, -0.2) is 0 Å². The van der Waals surface area contributed by atoms with E-state index in [0.29, 0.717) is 6.54 Å². The lowest BCUT2D eigenvalue weighted by Crippen LogP contribution is -2.17. The second-order valence-corrected chi connectivity index (χ2v) is 4.18. The maximum atomic E-state index is 12.1. The molecule has 1 N–H and O–H groups in total. The van der Waals surface area contributed by atoms with E-state index in [1.165, 1.54) is 5.56 Å². The molecule has 1 aromatic heterocycles. The van der Waals surface area contributed by atoms with E-state index in [2.05, 4.69) is 24.2 Å². The molecule has 90 valence electrons. The van der Waals surface area contributed by atoms with Gasteiger partial charge in [-0.15, -0.1) is 0 Å². The molecule has 0 bridgehead atoms. The average molecular weight is 230 g/mol. The van der Waals surface area contributed by atoms with Gasteiger partial charge in [0.2, 0.25) is 0 Å². The molecule has 0 spiro atoms. The predicted molar refractivity (Wildman–Crippen MR) is 70.3 cm³/mol. The normalized spacial score (nSPS) is 10.8. The summed E-state index contributed by atoms with van der Waals surface area (Å²) in [5.74, 6) is 0. The minimum absolute atomic E-state index is 0.105. The summed E-state index contributed by atoms with van der Waals surface area (Å²) in [6, 6.07) is 8.14. The van der Waals surface area contributed by atoms with Crippen LogP contribution >= 0.6 is 0 Å². The Bertz CT molecular complexity index is 578. The van der Waals surface area contributed by atoms with Crippen LogP contribution in [-0.2, 0) is 13.0 Å². The van der Waals surface area contributed by atoms with Crippen molar-refractivity contribution in [3.63, 3.8) is 0 Å². The van der Waals surface area contributed by atoms with E-state index < -0.39 is 0 Å². The zero-order chi connectivity index (χ0) is 12.4. The summed E-state index contributed by atoms with van der Waals surface area (Å²) in [4.78, 5) is 12.1. The summed E-state index contributed by atoms with van der Waals surface area (Å²) < 4.78 is 1.67. The average Bonchev–Trinajstić information content (AvgIpc) is 2.66. The van der Waals surface area contributed by atoms with Crippen molar-refractivity contribution in [1.29, 1.82) is 0 Å². The van der Waals surface area contributed by atoms with Crippen LogP contribution in [0.1, 0.15) is 25.0 Å². The lowest BCUT2D eigenvalue weighted by atomic mass is 10.0. The van der Waals surface area contributed by atoms with Crippen LogP contribution in [-0.4, -0.2) is 9.78 Å². The number of aryl methyl sites for hydroxylation is 2. The fraction of sp³-hybridized carbons (Fsp3) is 0.357.